The predicted octanol–water partition coefficient (Wildman–Crippen LogP) is 14.7. The summed E-state index contributed by atoms with van der Waals surface area (Å²) in [6.07, 6.45) is 64.3. The number of aliphatic hydroxyl groups is 1. The molecule has 0 aliphatic carbocycles. The van der Waals surface area contributed by atoms with Gasteiger partial charge in [0.25, 0.3) is 7.82 Å². The number of aliphatic hydroxyl groups excluding tert-OH is 1. The third-order valence-electron chi connectivity index (χ3n) is 11.1. The van der Waals surface area contributed by atoms with E-state index in [0.29, 0.717) is 17.4 Å². The maximum atomic E-state index is 12.8. The molecule has 1 amide bonds. The van der Waals surface area contributed by atoms with Crippen LogP contribution in [-0.4, -0.2) is 68.5 Å². The van der Waals surface area contributed by atoms with Gasteiger partial charge in [-0.2, -0.15) is 0 Å². The van der Waals surface area contributed by atoms with Crippen LogP contribution in [0.15, 0.2) is 85.1 Å². The summed E-state index contributed by atoms with van der Waals surface area (Å²) >= 11 is 0. The quantitative estimate of drug-likeness (QED) is 0.0273. The van der Waals surface area contributed by atoms with Crippen LogP contribution in [0.2, 0.25) is 0 Å². The minimum atomic E-state index is -4.58. The lowest BCUT2D eigenvalue weighted by Crippen LogP contribution is -2.45. The smallest absolute Gasteiger partial charge is 0.268 e. The van der Waals surface area contributed by atoms with E-state index < -0.39 is 20.0 Å². The number of likely N-dealkylation sites (N-methyl/N-ethyl adjacent to an activating group) is 1. The van der Waals surface area contributed by atoms with Crippen LogP contribution in [0.1, 0.15) is 206 Å². The zero-order valence-electron chi connectivity index (χ0n) is 42.0. The van der Waals surface area contributed by atoms with Gasteiger partial charge < -0.3 is 28.8 Å². The first-order valence-corrected chi connectivity index (χ1v) is 27.4. The molecule has 0 saturated heterocycles. The second-order valence-corrected chi connectivity index (χ2v) is 19.9. The highest BCUT2D eigenvalue weighted by atomic mass is 31.2. The fourth-order valence-electron chi connectivity index (χ4n) is 7.04. The number of hydrogen-bond donors (Lipinski definition) is 2. The van der Waals surface area contributed by atoms with Gasteiger partial charge in [-0.3, -0.25) is 9.36 Å². The third-order valence-corrected chi connectivity index (χ3v) is 12.1. The lowest BCUT2D eigenvalue weighted by molar-refractivity contribution is -0.870. The molecule has 3 atom stereocenters. The summed E-state index contributed by atoms with van der Waals surface area (Å²) in [6.45, 7) is 4.41. The first-order chi connectivity index (χ1) is 31.0. The standard InChI is InChI=1S/C55H99N2O6P/c1-6-8-10-12-13-14-15-16-17-18-19-20-21-22-23-24-25-26-27-28-29-30-31-32-33-34-35-36-37-38-39-40-41-42-43-45-47-49-55(59)56-53(54(58)48-46-44-11-9-7-2)52-63-64(60,61)62-51-50-57(3,4)5/h8,10,13-14,16-17,19-20,22-23,25-26,46,48,53-54,58H,6-7,9,11-12,15,18,21,24,27-45,47,49-52H2,1-5H3,(H-,56,59,60,61)/b10-8-,14-13-,17-16-,20-19-,23-22-,26-25-,48-46+. The van der Waals surface area contributed by atoms with Crippen molar-refractivity contribution < 1.29 is 32.9 Å². The highest BCUT2D eigenvalue weighted by molar-refractivity contribution is 7.45. The van der Waals surface area contributed by atoms with Gasteiger partial charge in [-0.1, -0.05) is 214 Å². The summed E-state index contributed by atoms with van der Waals surface area (Å²) in [5.41, 5.74) is 0. The summed E-state index contributed by atoms with van der Waals surface area (Å²) in [7, 11) is 1.25. The van der Waals surface area contributed by atoms with Crippen LogP contribution in [0.5, 0.6) is 0 Å². The van der Waals surface area contributed by atoms with E-state index in [4.69, 9.17) is 9.05 Å². The molecular weight excluding hydrogens is 816 g/mol. The zero-order valence-corrected chi connectivity index (χ0v) is 42.8. The third kappa shape index (κ3) is 47.6. The van der Waals surface area contributed by atoms with E-state index in [1.807, 2.05) is 27.2 Å². The Labute approximate surface area is 395 Å². The number of phosphoric ester groups is 1. The molecule has 0 bridgehead atoms. The van der Waals surface area contributed by atoms with Gasteiger partial charge in [0.05, 0.1) is 39.9 Å². The Morgan fingerprint density at radius 1 is 0.562 bits per heavy atom. The SMILES string of the molecule is CC/C=C\C/C=C\C/C=C\C/C=C\C/C=C\C/C=C\CCCCCCCCCCCCCCCCCCCCC(=O)NC(COP(=O)([O-])OCC[N+](C)(C)C)C(O)/C=C/CCCCC. The number of amides is 1. The Morgan fingerprint density at radius 3 is 1.39 bits per heavy atom. The van der Waals surface area contributed by atoms with Crippen molar-refractivity contribution in [2.75, 3.05) is 40.9 Å². The molecule has 370 valence electrons. The van der Waals surface area contributed by atoms with Gasteiger partial charge in [0.15, 0.2) is 0 Å². The number of allylic oxidation sites excluding steroid dienone is 13. The number of carbonyl (C=O) groups is 1. The normalized spacial score (nSPS) is 14.8. The molecule has 0 saturated carbocycles. The molecule has 2 N–H and O–H groups in total. The highest BCUT2D eigenvalue weighted by Gasteiger charge is 2.23. The van der Waals surface area contributed by atoms with Gasteiger partial charge in [-0.05, 0) is 70.6 Å². The molecule has 9 heteroatoms. The number of carbonyl (C=O) groups excluding carboxylic acids is 1. The summed E-state index contributed by atoms with van der Waals surface area (Å²) in [5.74, 6) is -0.206. The molecule has 0 heterocycles. The highest BCUT2D eigenvalue weighted by Crippen LogP contribution is 2.38. The lowest BCUT2D eigenvalue weighted by Gasteiger charge is -2.29. The topological polar surface area (TPSA) is 108 Å². The van der Waals surface area contributed by atoms with E-state index in [0.717, 1.165) is 83.5 Å². The number of nitrogens with one attached hydrogen (secondary N) is 1. The maximum Gasteiger partial charge on any atom is 0.268 e. The Balaban J connectivity index is 3.80. The molecule has 0 aliphatic heterocycles. The van der Waals surface area contributed by atoms with E-state index in [-0.39, 0.29) is 19.1 Å². The molecule has 0 fully saturated rings. The summed E-state index contributed by atoms with van der Waals surface area (Å²) in [6, 6.07) is -0.884. The van der Waals surface area contributed by atoms with Gasteiger partial charge in [-0.15, -0.1) is 0 Å². The Morgan fingerprint density at radius 2 is 0.953 bits per heavy atom. The van der Waals surface area contributed by atoms with Crippen molar-refractivity contribution in [1.82, 2.24) is 5.32 Å². The van der Waals surface area contributed by atoms with Crippen LogP contribution >= 0.6 is 7.82 Å². The summed E-state index contributed by atoms with van der Waals surface area (Å²) < 4.78 is 23.0. The lowest BCUT2D eigenvalue weighted by atomic mass is 10.0. The first kappa shape index (κ1) is 61.7. The average Bonchev–Trinajstić information content (AvgIpc) is 3.25. The number of rotatable bonds is 46. The first-order valence-electron chi connectivity index (χ1n) is 25.9. The number of nitrogens with zero attached hydrogens (tertiary/aromatic N) is 1. The fraction of sp³-hybridized carbons (Fsp3) is 0.727. The zero-order chi connectivity index (χ0) is 47.1. The van der Waals surface area contributed by atoms with Crippen molar-refractivity contribution in [3.8, 4) is 0 Å². The van der Waals surface area contributed by atoms with Crippen LogP contribution in [0, 0.1) is 0 Å². The van der Waals surface area contributed by atoms with Gasteiger partial charge in [-0.25, -0.2) is 0 Å². The van der Waals surface area contributed by atoms with E-state index in [1.54, 1.807) is 6.08 Å². The summed E-state index contributed by atoms with van der Waals surface area (Å²) in [5, 5.41) is 13.6. The fourth-order valence-corrected chi connectivity index (χ4v) is 7.76. The molecule has 0 aromatic heterocycles. The number of unbranched alkanes of at least 4 members (excludes halogenated alkanes) is 21. The van der Waals surface area contributed by atoms with Crippen LogP contribution in [0.25, 0.3) is 0 Å². The monoisotopic (exact) mass is 915 g/mol. The van der Waals surface area contributed by atoms with Crippen molar-refractivity contribution in [1.29, 1.82) is 0 Å². The molecule has 0 aromatic carbocycles. The number of hydrogen-bond acceptors (Lipinski definition) is 6. The van der Waals surface area contributed by atoms with E-state index in [2.05, 4.69) is 92.1 Å². The molecule has 0 spiro atoms. The number of quaternary nitrogens is 1. The molecule has 3 unspecified atom stereocenters. The second kappa shape index (κ2) is 45.8. The van der Waals surface area contributed by atoms with Gasteiger partial charge >= 0.3 is 0 Å². The Kier molecular flexibility index (Phi) is 44.2. The number of phosphoric acid groups is 1. The van der Waals surface area contributed by atoms with Gasteiger partial charge in [0.1, 0.15) is 13.2 Å². The van der Waals surface area contributed by atoms with E-state index in [9.17, 15) is 19.4 Å². The Bertz CT molecular complexity index is 1310. The maximum absolute atomic E-state index is 12.8. The van der Waals surface area contributed by atoms with Crippen LogP contribution in [0.3, 0.4) is 0 Å². The minimum Gasteiger partial charge on any atom is -0.756 e. The van der Waals surface area contributed by atoms with Crippen molar-refractivity contribution in [2.45, 2.75) is 219 Å². The van der Waals surface area contributed by atoms with Crippen molar-refractivity contribution >= 4 is 13.7 Å². The Hall–Kier alpha value is -2.32. The molecule has 8 nitrogen and oxygen atoms in total. The van der Waals surface area contributed by atoms with Crippen LogP contribution in [0.4, 0.5) is 0 Å². The molecule has 64 heavy (non-hydrogen) atoms. The average molecular weight is 915 g/mol. The van der Waals surface area contributed by atoms with E-state index in [1.165, 1.54) is 103 Å². The molecular formula is C55H99N2O6P. The molecule has 0 aliphatic rings. The molecule has 0 aromatic rings. The second-order valence-electron chi connectivity index (χ2n) is 18.5. The summed E-state index contributed by atoms with van der Waals surface area (Å²) in [4.78, 5) is 25.1. The molecule has 0 radical (unpaired) electrons. The van der Waals surface area contributed by atoms with Crippen molar-refractivity contribution in [2.24, 2.45) is 0 Å². The predicted molar refractivity (Wildman–Crippen MR) is 274 cm³/mol. The van der Waals surface area contributed by atoms with Crippen LogP contribution in [-0.2, 0) is 18.4 Å². The molecule has 0 rings (SSSR count). The van der Waals surface area contributed by atoms with Gasteiger partial charge in [0, 0.05) is 6.42 Å². The minimum absolute atomic E-state index is 0.00370. The van der Waals surface area contributed by atoms with Crippen molar-refractivity contribution in [3.63, 3.8) is 0 Å². The van der Waals surface area contributed by atoms with E-state index >= 15 is 0 Å². The van der Waals surface area contributed by atoms with Gasteiger partial charge in [0.2, 0.25) is 5.91 Å². The largest absolute Gasteiger partial charge is 0.756 e. The van der Waals surface area contributed by atoms with Crippen LogP contribution < -0.4 is 10.2 Å². The van der Waals surface area contributed by atoms with Crippen molar-refractivity contribution in [3.05, 3.63) is 85.1 Å².